The molecule has 1 heterocycles. The molecule has 0 radical (unpaired) electrons. The Labute approximate surface area is 150 Å². The highest BCUT2D eigenvalue weighted by atomic mass is 16.5. The molecule has 2 rings (SSSR count). The molecule has 6 nitrogen and oxygen atoms in total. The number of carbonyl (C=O) groups is 1. The molecule has 0 spiro atoms. The van der Waals surface area contributed by atoms with Gasteiger partial charge in [0.15, 0.2) is 0 Å². The molecule has 0 aromatic heterocycles. The lowest BCUT2D eigenvalue weighted by atomic mass is 10.0. The summed E-state index contributed by atoms with van der Waals surface area (Å²) in [5.74, 6) is 2.23. The van der Waals surface area contributed by atoms with Gasteiger partial charge in [0.2, 0.25) is 0 Å². The molecule has 0 saturated carbocycles. The van der Waals surface area contributed by atoms with Crippen LogP contribution in [-0.2, 0) is 0 Å². The highest BCUT2D eigenvalue weighted by Crippen LogP contribution is 2.29. The maximum absolute atomic E-state index is 12.2. The van der Waals surface area contributed by atoms with Gasteiger partial charge in [-0.2, -0.15) is 0 Å². The molecule has 1 aromatic carbocycles. The number of likely N-dealkylation sites (tertiary alicyclic amines) is 1. The molecule has 2 N–H and O–H groups in total. The number of rotatable bonds is 7. The second-order valence-corrected chi connectivity index (χ2v) is 6.78. The maximum atomic E-state index is 12.2. The van der Waals surface area contributed by atoms with Gasteiger partial charge in [0, 0.05) is 25.2 Å². The Bertz CT molecular complexity index is 565. The molecular weight excluding hydrogens is 318 g/mol. The highest BCUT2D eigenvalue weighted by molar-refractivity contribution is 5.74. The van der Waals surface area contributed by atoms with Crippen molar-refractivity contribution in [2.45, 2.75) is 32.7 Å². The number of amides is 2. The summed E-state index contributed by atoms with van der Waals surface area (Å²) in [6.45, 7) is 8.03. The normalized spacial score (nSPS) is 19.1. The summed E-state index contributed by atoms with van der Waals surface area (Å²) in [5.41, 5.74) is 0.891. The largest absolute Gasteiger partial charge is 0.497 e. The summed E-state index contributed by atoms with van der Waals surface area (Å²) >= 11 is 0. The second-order valence-electron chi connectivity index (χ2n) is 6.78. The van der Waals surface area contributed by atoms with Crippen molar-refractivity contribution in [1.29, 1.82) is 0 Å². The smallest absolute Gasteiger partial charge is 0.315 e. The number of piperidine rings is 1. The lowest BCUT2D eigenvalue weighted by Gasteiger charge is -2.30. The van der Waals surface area contributed by atoms with Gasteiger partial charge in [-0.3, -0.25) is 0 Å². The third-order valence-corrected chi connectivity index (χ3v) is 4.71. The number of benzene rings is 1. The quantitative estimate of drug-likeness (QED) is 0.795. The van der Waals surface area contributed by atoms with Gasteiger partial charge in [-0.15, -0.1) is 0 Å². The lowest BCUT2D eigenvalue weighted by Crippen LogP contribution is -2.43. The van der Waals surface area contributed by atoms with Crippen LogP contribution in [0.4, 0.5) is 4.79 Å². The molecule has 1 saturated heterocycles. The number of methoxy groups -OCH3 is 2. The number of ether oxygens (including phenoxy) is 2. The number of nitrogens with one attached hydrogen (secondary N) is 2. The first kappa shape index (κ1) is 19.4. The Kier molecular flexibility index (Phi) is 7.37. The van der Waals surface area contributed by atoms with E-state index in [-0.39, 0.29) is 12.1 Å². The van der Waals surface area contributed by atoms with Crippen LogP contribution < -0.4 is 20.1 Å². The van der Waals surface area contributed by atoms with E-state index >= 15 is 0 Å². The molecule has 2 unspecified atom stereocenters. The third-order valence-electron chi connectivity index (χ3n) is 4.71. The predicted octanol–water partition coefficient (Wildman–Crippen LogP) is 2.80. The molecule has 0 aliphatic carbocycles. The van der Waals surface area contributed by atoms with E-state index in [4.69, 9.17) is 9.47 Å². The Hall–Kier alpha value is -1.95. The lowest BCUT2D eigenvalue weighted by molar-refractivity contribution is 0.183. The Morgan fingerprint density at radius 3 is 2.84 bits per heavy atom. The molecule has 0 bridgehead atoms. The molecule has 6 heteroatoms. The zero-order valence-electron chi connectivity index (χ0n) is 15.8. The van der Waals surface area contributed by atoms with Crippen molar-refractivity contribution in [2.24, 2.45) is 5.92 Å². The van der Waals surface area contributed by atoms with Crippen molar-refractivity contribution >= 4 is 6.03 Å². The number of hydrogen-bond donors (Lipinski definition) is 2. The van der Waals surface area contributed by atoms with Crippen molar-refractivity contribution in [1.82, 2.24) is 15.5 Å². The molecule has 140 valence electrons. The Morgan fingerprint density at radius 2 is 2.16 bits per heavy atom. The average Bonchev–Trinajstić information content (AvgIpc) is 2.61. The molecule has 1 aliphatic heterocycles. The van der Waals surface area contributed by atoms with Gasteiger partial charge < -0.3 is 25.0 Å². The summed E-state index contributed by atoms with van der Waals surface area (Å²) in [6, 6.07) is 5.23. The van der Waals surface area contributed by atoms with E-state index in [2.05, 4.69) is 22.5 Å². The molecule has 1 aliphatic rings. The zero-order chi connectivity index (χ0) is 18.2. The average molecular weight is 349 g/mol. The molecule has 2 atom stereocenters. The van der Waals surface area contributed by atoms with E-state index < -0.39 is 0 Å². The first-order valence-corrected chi connectivity index (χ1v) is 9.02. The maximum Gasteiger partial charge on any atom is 0.315 e. The topological polar surface area (TPSA) is 62.8 Å². The minimum atomic E-state index is -0.181. The van der Waals surface area contributed by atoms with E-state index in [9.17, 15) is 4.79 Å². The van der Waals surface area contributed by atoms with E-state index in [1.165, 1.54) is 12.8 Å². The monoisotopic (exact) mass is 349 g/mol. The van der Waals surface area contributed by atoms with Crippen LogP contribution in [0.25, 0.3) is 0 Å². The molecule has 1 fully saturated rings. The summed E-state index contributed by atoms with van der Waals surface area (Å²) in [4.78, 5) is 14.6. The minimum absolute atomic E-state index is 0.164. The fourth-order valence-electron chi connectivity index (χ4n) is 3.32. The predicted molar refractivity (Wildman–Crippen MR) is 99.3 cm³/mol. The molecule has 2 amide bonds. The van der Waals surface area contributed by atoms with E-state index in [1.807, 2.05) is 25.1 Å². The highest BCUT2D eigenvalue weighted by Gasteiger charge is 2.17. The number of urea groups is 1. The van der Waals surface area contributed by atoms with Gasteiger partial charge >= 0.3 is 6.03 Å². The fraction of sp³-hybridized carbons (Fsp3) is 0.632. The third kappa shape index (κ3) is 5.81. The van der Waals surface area contributed by atoms with Crippen LogP contribution in [0.5, 0.6) is 11.5 Å². The summed E-state index contributed by atoms with van der Waals surface area (Å²) in [6.07, 6.45) is 2.56. The molecular formula is C19H31N3O3. The van der Waals surface area contributed by atoms with Crippen molar-refractivity contribution in [3.8, 4) is 11.5 Å². The summed E-state index contributed by atoms with van der Waals surface area (Å²) in [5, 5.41) is 5.91. The summed E-state index contributed by atoms with van der Waals surface area (Å²) in [7, 11) is 3.25. The van der Waals surface area contributed by atoms with Crippen molar-refractivity contribution < 1.29 is 14.3 Å². The number of carbonyl (C=O) groups excluding carboxylic acids is 1. The fourth-order valence-corrected chi connectivity index (χ4v) is 3.32. The van der Waals surface area contributed by atoms with Crippen LogP contribution in [0.1, 0.15) is 38.3 Å². The van der Waals surface area contributed by atoms with E-state index in [1.54, 1.807) is 14.2 Å². The first-order chi connectivity index (χ1) is 12.0. The Balaban J connectivity index is 1.81. The number of hydrogen-bond acceptors (Lipinski definition) is 4. The van der Waals surface area contributed by atoms with Crippen molar-refractivity contribution in [3.63, 3.8) is 0 Å². The van der Waals surface area contributed by atoms with Gasteiger partial charge in [0.1, 0.15) is 11.5 Å². The SMILES string of the molecule is COc1ccc(OC)c(C(C)NC(=O)NCCN2CCCC(C)C2)c1. The van der Waals surface area contributed by atoms with Gasteiger partial charge in [-0.05, 0) is 50.4 Å². The van der Waals surface area contributed by atoms with Crippen LogP contribution >= 0.6 is 0 Å². The zero-order valence-corrected chi connectivity index (χ0v) is 15.8. The molecule has 1 aromatic rings. The summed E-state index contributed by atoms with van der Waals surface area (Å²) < 4.78 is 10.6. The first-order valence-electron chi connectivity index (χ1n) is 9.02. The van der Waals surface area contributed by atoms with Crippen LogP contribution in [0.3, 0.4) is 0 Å². The van der Waals surface area contributed by atoms with Gasteiger partial charge in [0.05, 0.1) is 20.3 Å². The Morgan fingerprint density at radius 1 is 1.36 bits per heavy atom. The van der Waals surface area contributed by atoms with Crippen molar-refractivity contribution in [2.75, 3.05) is 40.4 Å². The van der Waals surface area contributed by atoms with Gasteiger partial charge in [-0.25, -0.2) is 4.79 Å². The van der Waals surface area contributed by atoms with E-state index in [0.29, 0.717) is 6.54 Å². The van der Waals surface area contributed by atoms with Gasteiger partial charge in [-0.1, -0.05) is 6.92 Å². The van der Waals surface area contributed by atoms with Crippen molar-refractivity contribution in [3.05, 3.63) is 23.8 Å². The standard InChI is InChI=1S/C19H31N3O3/c1-14-6-5-10-22(13-14)11-9-20-19(23)21-15(2)17-12-16(24-3)7-8-18(17)25-4/h7-8,12,14-15H,5-6,9-11,13H2,1-4H3,(H2,20,21,23). The minimum Gasteiger partial charge on any atom is -0.497 e. The van der Waals surface area contributed by atoms with Crippen LogP contribution in [0.15, 0.2) is 18.2 Å². The van der Waals surface area contributed by atoms with Crippen LogP contribution in [-0.4, -0.2) is 51.3 Å². The van der Waals surface area contributed by atoms with Crippen LogP contribution in [0, 0.1) is 5.92 Å². The molecule has 25 heavy (non-hydrogen) atoms. The number of nitrogens with zero attached hydrogens (tertiary/aromatic N) is 1. The van der Waals surface area contributed by atoms with Gasteiger partial charge in [0.25, 0.3) is 0 Å². The second kappa shape index (κ2) is 9.51. The van der Waals surface area contributed by atoms with Crippen LogP contribution in [0.2, 0.25) is 0 Å². The van der Waals surface area contributed by atoms with E-state index in [0.717, 1.165) is 42.6 Å².